The molecule has 0 heterocycles. The van der Waals surface area contributed by atoms with Gasteiger partial charge in [-0.2, -0.15) is 0 Å². The van der Waals surface area contributed by atoms with Gasteiger partial charge in [0.2, 0.25) is 0 Å². The third-order valence-electron chi connectivity index (χ3n) is 1.51. The van der Waals surface area contributed by atoms with Crippen LogP contribution < -0.4 is 0 Å². The summed E-state index contributed by atoms with van der Waals surface area (Å²) < 4.78 is 0. The van der Waals surface area contributed by atoms with Gasteiger partial charge in [-0.25, -0.2) is 0 Å². The molecule has 4 atom stereocenters. The molecule has 0 saturated carbocycles. The van der Waals surface area contributed by atoms with Crippen LogP contribution in [-0.4, -0.2) is 68.3 Å². The second-order valence-electron chi connectivity index (χ2n) is 2.48. The van der Waals surface area contributed by atoms with E-state index in [9.17, 15) is 0 Å². The fourth-order valence-corrected chi connectivity index (χ4v) is 0.671. The van der Waals surface area contributed by atoms with Crippen LogP contribution in [-0.2, 0) is 17.4 Å². The SMILES string of the molecule is OCC(O)C(O)C(O)C(O)CO.[Cr]. The third-order valence-corrected chi connectivity index (χ3v) is 1.51. The van der Waals surface area contributed by atoms with E-state index in [1.807, 2.05) is 0 Å². The zero-order chi connectivity index (χ0) is 9.72. The Morgan fingerprint density at radius 2 is 0.923 bits per heavy atom. The van der Waals surface area contributed by atoms with Crippen LogP contribution in [0.1, 0.15) is 0 Å². The van der Waals surface area contributed by atoms with Gasteiger partial charge in [0.05, 0.1) is 13.2 Å². The van der Waals surface area contributed by atoms with Crippen LogP contribution >= 0.6 is 0 Å². The smallest absolute Gasteiger partial charge is 0.111 e. The van der Waals surface area contributed by atoms with Crippen LogP contribution in [0.15, 0.2) is 0 Å². The minimum absolute atomic E-state index is 0. The van der Waals surface area contributed by atoms with Crippen molar-refractivity contribution in [3.05, 3.63) is 0 Å². The van der Waals surface area contributed by atoms with E-state index in [1.165, 1.54) is 0 Å². The van der Waals surface area contributed by atoms with E-state index in [2.05, 4.69) is 0 Å². The summed E-state index contributed by atoms with van der Waals surface area (Å²) in [4.78, 5) is 0. The second-order valence-corrected chi connectivity index (χ2v) is 2.48. The number of rotatable bonds is 5. The Hall–Kier alpha value is 0.292. The first kappa shape index (κ1) is 15.8. The number of hydrogen-bond acceptors (Lipinski definition) is 6. The molecule has 6 N–H and O–H groups in total. The van der Waals surface area contributed by atoms with Crippen LogP contribution in [0.25, 0.3) is 0 Å². The Morgan fingerprint density at radius 1 is 0.692 bits per heavy atom. The summed E-state index contributed by atoms with van der Waals surface area (Å²) in [5, 5.41) is 52.2. The van der Waals surface area contributed by atoms with Crippen molar-refractivity contribution in [1.29, 1.82) is 0 Å². The molecule has 13 heavy (non-hydrogen) atoms. The average Bonchev–Trinajstić information content (AvgIpc) is 2.12. The summed E-state index contributed by atoms with van der Waals surface area (Å²) in [6.07, 6.45) is -6.39. The Balaban J connectivity index is 0. The molecule has 0 bridgehead atoms. The van der Waals surface area contributed by atoms with Crippen molar-refractivity contribution >= 4 is 0 Å². The Morgan fingerprint density at radius 3 is 1.08 bits per heavy atom. The molecule has 6 nitrogen and oxygen atoms in total. The topological polar surface area (TPSA) is 121 Å². The standard InChI is InChI=1S/C6H14O6.Cr/c7-1-3(9)5(11)6(12)4(10)2-8;/h3-12H,1-2H2;. The van der Waals surface area contributed by atoms with E-state index in [0.29, 0.717) is 0 Å². The van der Waals surface area contributed by atoms with Gasteiger partial charge < -0.3 is 30.6 Å². The summed E-state index contributed by atoms with van der Waals surface area (Å²) in [5.74, 6) is 0. The molecule has 0 saturated heterocycles. The average molecular weight is 234 g/mol. The van der Waals surface area contributed by atoms with E-state index in [1.54, 1.807) is 0 Å². The van der Waals surface area contributed by atoms with E-state index < -0.39 is 37.6 Å². The van der Waals surface area contributed by atoms with Crippen LogP contribution in [0, 0.1) is 0 Å². The van der Waals surface area contributed by atoms with Crippen molar-refractivity contribution in [2.24, 2.45) is 0 Å². The van der Waals surface area contributed by atoms with Gasteiger partial charge in [-0.05, 0) is 0 Å². The van der Waals surface area contributed by atoms with Gasteiger partial charge >= 0.3 is 0 Å². The normalized spacial score (nSPS) is 19.8. The Bertz CT molecular complexity index is 110. The molecule has 0 aliphatic heterocycles. The first-order chi connectivity index (χ1) is 5.54. The molecule has 80 valence electrons. The van der Waals surface area contributed by atoms with Gasteiger partial charge in [-0.3, -0.25) is 0 Å². The van der Waals surface area contributed by atoms with E-state index in [-0.39, 0.29) is 17.4 Å². The van der Waals surface area contributed by atoms with Gasteiger partial charge in [0, 0.05) is 17.4 Å². The maximum atomic E-state index is 8.96. The molecule has 0 aliphatic carbocycles. The maximum Gasteiger partial charge on any atom is 0.111 e. The van der Waals surface area contributed by atoms with Crippen molar-refractivity contribution in [3.63, 3.8) is 0 Å². The van der Waals surface area contributed by atoms with Crippen molar-refractivity contribution in [1.82, 2.24) is 0 Å². The molecule has 0 fully saturated rings. The zero-order valence-electron chi connectivity index (χ0n) is 6.82. The Labute approximate surface area is 86.2 Å². The quantitative estimate of drug-likeness (QED) is 0.292. The number of aliphatic hydroxyl groups excluding tert-OH is 6. The summed E-state index contributed by atoms with van der Waals surface area (Å²) >= 11 is 0. The fraction of sp³-hybridized carbons (Fsp3) is 1.00. The van der Waals surface area contributed by atoms with Gasteiger partial charge in [0.1, 0.15) is 24.4 Å². The summed E-state index contributed by atoms with van der Waals surface area (Å²) in [5.41, 5.74) is 0. The third kappa shape index (κ3) is 4.91. The fourth-order valence-electron chi connectivity index (χ4n) is 0.671. The van der Waals surface area contributed by atoms with Crippen molar-refractivity contribution in [2.45, 2.75) is 24.4 Å². The molecule has 0 aliphatic rings. The molecule has 0 aromatic rings. The Kier molecular flexibility index (Phi) is 9.30. The minimum atomic E-state index is -1.67. The summed E-state index contributed by atoms with van der Waals surface area (Å²) in [6.45, 7) is -1.45. The molecule has 0 aromatic carbocycles. The molecule has 0 spiro atoms. The van der Waals surface area contributed by atoms with Crippen LogP contribution in [0.5, 0.6) is 0 Å². The number of hydrogen-bond donors (Lipinski definition) is 6. The van der Waals surface area contributed by atoms with Gasteiger partial charge in [0.25, 0.3) is 0 Å². The summed E-state index contributed by atoms with van der Waals surface area (Å²) in [6, 6.07) is 0. The van der Waals surface area contributed by atoms with Crippen molar-refractivity contribution < 1.29 is 48.0 Å². The van der Waals surface area contributed by atoms with Crippen LogP contribution in [0.2, 0.25) is 0 Å². The molecule has 4 unspecified atom stereocenters. The monoisotopic (exact) mass is 234 g/mol. The van der Waals surface area contributed by atoms with Gasteiger partial charge in [-0.1, -0.05) is 0 Å². The van der Waals surface area contributed by atoms with Gasteiger partial charge in [0.15, 0.2) is 0 Å². The predicted molar refractivity (Wildman–Crippen MR) is 38.2 cm³/mol. The minimum Gasteiger partial charge on any atom is -0.394 e. The van der Waals surface area contributed by atoms with Gasteiger partial charge in [-0.15, -0.1) is 0 Å². The van der Waals surface area contributed by atoms with E-state index in [4.69, 9.17) is 30.6 Å². The molecule has 0 amide bonds. The number of aliphatic hydroxyl groups is 6. The first-order valence-corrected chi connectivity index (χ1v) is 3.48. The molecular formula is C6H14CrO6. The van der Waals surface area contributed by atoms with E-state index in [0.717, 1.165) is 0 Å². The summed E-state index contributed by atoms with van der Waals surface area (Å²) in [7, 11) is 0. The van der Waals surface area contributed by atoms with Crippen molar-refractivity contribution in [2.75, 3.05) is 13.2 Å². The molecule has 0 aromatic heterocycles. The zero-order valence-corrected chi connectivity index (χ0v) is 8.09. The second kappa shape index (κ2) is 7.67. The molecular weight excluding hydrogens is 220 g/mol. The van der Waals surface area contributed by atoms with Crippen LogP contribution in [0.4, 0.5) is 0 Å². The molecule has 7 heteroatoms. The maximum absolute atomic E-state index is 8.96. The van der Waals surface area contributed by atoms with Crippen LogP contribution in [0.3, 0.4) is 0 Å². The predicted octanol–water partition coefficient (Wildman–Crippen LogP) is -3.59. The van der Waals surface area contributed by atoms with E-state index >= 15 is 0 Å². The largest absolute Gasteiger partial charge is 0.394 e. The molecule has 0 radical (unpaired) electrons. The molecule has 0 rings (SSSR count). The first-order valence-electron chi connectivity index (χ1n) is 3.48. The van der Waals surface area contributed by atoms with Crippen molar-refractivity contribution in [3.8, 4) is 0 Å².